The molecular formula is C11H20N2O6. The van der Waals surface area contributed by atoms with Crippen LogP contribution in [0.5, 0.6) is 0 Å². The number of carbonyl (C=O) groups excluding carboxylic acids is 1. The standard InChI is InChI=1S/C11H20N2O6/c1-2-3-9-19-11(14)10(13(17)18)7-5-4-6-8-12(15)16/h10H,2-9H2,1H3. The van der Waals surface area contributed by atoms with Crippen LogP contribution in [0.25, 0.3) is 0 Å². The fraction of sp³-hybridized carbons (Fsp3) is 0.909. The van der Waals surface area contributed by atoms with Gasteiger partial charge in [-0.25, -0.2) is 4.79 Å². The van der Waals surface area contributed by atoms with Crippen molar-refractivity contribution in [3.63, 3.8) is 0 Å². The predicted octanol–water partition coefficient (Wildman–Crippen LogP) is 1.81. The number of esters is 1. The molecule has 0 saturated carbocycles. The fourth-order valence-electron chi connectivity index (χ4n) is 1.48. The predicted molar refractivity (Wildman–Crippen MR) is 67.0 cm³/mol. The van der Waals surface area contributed by atoms with Crippen LogP contribution < -0.4 is 0 Å². The van der Waals surface area contributed by atoms with Gasteiger partial charge in [0.25, 0.3) is 0 Å². The Kier molecular flexibility index (Phi) is 9.29. The molecule has 0 N–H and O–H groups in total. The third kappa shape index (κ3) is 8.92. The van der Waals surface area contributed by atoms with E-state index >= 15 is 0 Å². The molecule has 0 aromatic rings. The second kappa shape index (κ2) is 10.2. The molecule has 0 bridgehead atoms. The Hall–Kier alpha value is -1.73. The maximum absolute atomic E-state index is 11.5. The average molecular weight is 276 g/mol. The summed E-state index contributed by atoms with van der Waals surface area (Å²) in [6, 6.07) is -1.35. The van der Waals surface area contributed by atoms with Gasteiger partial charge in [-0.1, -0.05) is 13.3 Å². The number of carbonyl (C=O) groups is 1. The van der Waals surface area contributed by atoms with Crippen LogP contribution in [0.3, 0.4) is 0 Å². The van der Waals surface area contributed by atoms with E-state index in [1.165, 1.54) is 0 Å². The number of ether oxygens (including phenoxy) is 1. The van der Waals surface area contributed by atoms with Crippen LogP contribution in [0, 0.1) is 20.2 Å². The van der Waals surface area contributed by atoms with Crippen molar-refractivity contribution >= 4 is 5.97 Å². The van der Waals surface area contributed by atoms with Crippen molar-refractivity contribution < 1.29 is 19.4 Å². The maximum Gasteiger partial charge on any atom is 0.381 e. The molecular weight excluding hydrogens is 256 g/mol. The fourth-order valence-corrected chi connectivity index (χ4v) is 1.48. The zero-order valence-electron chi connectivity index (χ0n) is 11.1. The van der Waals surface area contributed by atoms with Gasteiger partial charge in [0.2, 0.25) is 6.54 Å². The van der Waals surface area contributed by atoms with E-state index in [0.717, 1.165) is 6.42 Å². The minimum atomic E-state index is -1.35. The first-order chi connectivity index (χ1) is 8.99. The average Bonchev–Trinajstić information content (AvgIpc) is 2.32. The van der Waals surface area contributed by atoms with E-state index in [2.05, 4.69) is 0 Å². The molecule has 1 unspecified atom stereocenters. The molecule has 0 radical (unpaired) electrons. The Labute approximate surface area is 111 Å². The van der Waals surface area contributed by atoms with E-state index in [0.29, 0.717) is 25.7 Å². The summed E-state index contributed by atoms with van der Waals surface area (Å²) in [5, 5.41) is 20.8. The number of hydrogen-bond donors (Lipinski definition) is 0. The van der Waals surface area contributed by atoms with Gasteiger partial charge in [0.15, 0.2) is 0 Å². The van der Waals surface area contributed by atoms with Gasteiger partial charge in [-0.3, -0.25) is 20.2 Å². The van der Waals surface area contributed by atoms with Crippen molar-refractivity contribution in [1.82, 2.24) is 0 Å². The Morgan fingerprint density at radius 2 is 1.84 bits per heavy atom. The molecule has 110 valence electrons. The summed E-state index contributed by atoms with van der Waals surface area (Å²) in [7, 11) is 0. The van der Waals surface area contributed by atoms with Crippen molar-refractivity contribution in [2.24, 2.45) is 0 Å². The van der Waals surface area contributed by atoms with Crippen LogP contribution in [0.15, 0.2) is 0 Å². The molecule has 8 nitrogen and oxygen atoms in total. The summed E-state index contributed by atoms with van der Waals surface area (Å²) < 4.78 is 4.81. The van der Waals surface area contributed by atoms with Gasteiger partial charge in [-0.05, 0) is 19.3 Å². The van der Waals surface area contributed by atoms with Crippen molar-refractivity contribution in [2.45, 2.75) is 51.5 Å². The lowest BCUT2D eigenvalue weighted by atomic mass is 10.1. The summed E-state index contributed by atoms with van der Waals surface area (Å²) in [5.41, 5.74) is 0. The van der Waals surface area contributed by atoms with Gasteiger partial charge < -0.3 is 4.74 Å². The first-order valence-electron chi connectivity index (χ1n) is 6.41. The van der Waals surface area contributed by atoms with Crippen LogP contribution >= 0.6 is 0 Å². The van der Waals surface area contributed by atoms with E-state index < -0.39 is 21.9 Å². The first-order valence-corrected chi connectivity index (χ1v) is 6.41. The maximum atomic E-state index is 11.5. The molecule has 0 aliphatic rings. The summed E-state index contributed by atoms with van der Waals surface area (Å²) in [5.74, 6) is -0.812. The lowest BCUT2D eigenvalue weighted by Crippen LogP contribution is -2.31. The second-order valence-corrected chi connectivity index (χ2v) is 4.23. The summed E-state index contributed by atoms with van der Waals surface area (Å²) in [4.78, 5) is 31.2. The molecule has 0 spiro atoms. The molecule has 19 heavy (non-hydrogen) atoms. The quantitative estimate of drug-likeness (QED) is 0.246. The third-order valence-electron chi connectivity index (χ3n) is 2.59. The molecule has 0 amide bonds. The molecule has 0 rings (SSSR count). The highest BCUT2D eigenvalue weighted by atomic mass is 16.6. The summed E-state index contributed by atoms with van der Waals surface area (Å²) in [6.07, 6.45) is 2.85. The Morgan fingerprint density at radius 3 is 2.37 bits per heavy atom. The van der Waals surface area contributed by atoms with E-state index in [4.69, 9.17) is 4.74 Å². The minimum Gasteiger partial charge on any atom is -0.461 e. The third-order valence-corrected chi connectivity index (χ3v) is 2.59. The first kappa shape index (κ1) is 17.3. The number of rotatable bonds is 11. The molecule has 0 heterocycles. The van der Waals surface area contributed by atoms with Gasteiger partial charge >= 0.3 is 12.0 Å². The second-order valence-electron chi connectivity index (χ2n) is 4.23. The Morgan fingerprint density at radius 1 is 1.16 bits per heavy atom. The van der Waals surface area contributed by atoms with Crippen molar-refractivity contribution in [3.8, 4) is 0 Å². The van der Waals surface area contributed by atoms with Gasteiger partial charge in [0.1, 0.15) is 0 Å². The van der Waals surface area contributed by atoms with Crippen LogP contribution in [0.1, 0.15) is 45.4 Å². The zero-order valence-corrected chi connectivity index (χ0v) is 11.1. The SMILES string of the molecule is CCCCOC(=O)C(CCCCC[N+](=O)[O-])[N+](=O)[O-]. The van der Waals surface area contributed by atoms with E-state index in [-0.39, 0.29) is 19.6 Å². The van der Waals surface area contributed by atoms with Crippen molar-refractivity contribution in [1.29, 1.82) is 0 Å². The molecule has 8 heteroatoms. The number of nitro groups is 2. The molecule has 0 aromatic carbocycles. The highest BCUT2D eigenvalue weighted by Crippen LogP contribution is 2.08. The largest absolute Gasteiger partial charge is 0.461 e. The van der Waals surface area contributed by atoms with E-state index in [1.54, 1.807) is 0 Å². The highest BCUT2D eigenvalue weighted by Gasteiger charge is 2.30. The summed E-state index contributed by atoms with van der Waals surface area (Å²) in [6.45, 7) is 1.97. The van der Waals surface area contributed by atoms with Gasteiger partial charge in [-0.2, -0.15) is 0 Å². The number of hydrogen-bond acceptors (Lipinski definition) is 6. The number of unbranched alkanes of at least 4 members (excludes halogenated alkanes) is 3. The molecule has 0 aromatic heterocycles. The van der Waals surface area contributed by atoms with Crippen LogP contribution in [-0.4, -0.2) is 35.0 Å². The van der Waals surface area contributed by atoms with Gasteiger partial charge in [0.05, 0.1) is 6.61 Å². The monoisotopic (exact) mass is 276 g/mol. The Balaban J connectivity index is 3.94. The van der Waals surface area contributed by atoms with E-state index in [9.17, 15) is 25.0 Å². The number of nitrogens with zero attached hydrogens (tertiary/aromatic N) is 2. The molecule has 0 fully saturated rings. The van der Waals surface area contributed by atoms with Crippen LogP contribution in [0.2, 0.25) is 0 Å². The van der Waals surface area contributed by atoms with Gasteiger partial charge in [0, 0.05) is 22.7 Å². The lowest BCUT2D eigenvalue weighted by Gasteiger charge is -2.09. The topological polar surface area (TPSA) is 113 Å². The Bertz CT molecular complexity index is 308. The zero-order chi connectivity index (χ0) is 14.7. The van der Waals surface area contributed by atoms with Crippen molar-refractivity contribution in [3.05, 3.63) is 20.2 Å². The molecule has 1 atom stereocenters. The van der Waals surface area contributed by atoms with Gasteiger partial charge in [-0.15, -0.1) is 0 Å². The van der Waals surface area contributed by atoms with Crippen LogP contribution in [0.4, 0.5) is 0 Å². The lowest BCUT2D eigenvalue weighted by molar-refractivity contribution is -0.511. The summed E-state index contributed by atoms with van der Waals surface area (Å²) >= 11 is 0. The van der Waals surface area contributed by atoms with Crippen LogP contribution in [-0.2, 0) is 9.53 Å². The molecule has 0 aliphatic carbocycles. The van der Waals surface area contributed by atoms with Crippen molar-refractivity contribution in [2.75, 3.05) is 13.2 Å². The highest BCUT2D eigenvalue weighted by molar-refractivity contribution is 5.74. The molecule has 0 aliphatic heterocycles. The minimum absolute atomic E-state index is 0.0652. The smallest absolute Gasteiger partial charge is 0.381 e. The molecule has 0 saturated heterocycles. The van der Waals surface area contributed by atoms with E-state index in [1.807, 2.05) is 6.92 Å². The normalized spacial score (nSPS) is 11.8.